The minimum Gasteiger partial charge on any atom is -0.343 e. The van der Waals surface area contributed by atoms with Gasteiger partial charge in [0, 0.05) is 24.3 Å². The highest BCUT2D eigenvalue weighted by Crippen LogP contribution is 2.27. The maximum Gasteiger partial charge on any atom is 0.251 e. The van der Waals surface area contributed by atoms with E-state index in [-0.39, 0.29) is 23.4 Å². The number of nitrogens with one attached hydrogen (secondary N) is 2. The van der Waals surface area contributed by atoms with Crippen molar-refractivity contribution in [1.82, 2.24) is 9.62 Å². The van der Waals surface area contributed by atoms with Crippen LogP contribution in [0.3, 0.4) is 0 Å². The highest BCUT2D eigenvalue weighted by Gasteiger charge is 2.29. The lowest BCUT2D eigenvalue weighted by Gasteiger charge is -2.30. The largest absolute Gasteiger partial charge is 0.343 e. The molecule has 0 aliphatic heterocycles. The Bertz CT molecular complexity index is 986. The van der Waals surface area contributed by atoms with Crippen LogP contribution in [0.4, 0.5) is 5.69 Å². The van der Waals surface area contributed by atoms with E-state index >= 15 is 0 Å². The van der Waals surface area contributed by atoms with Gasteiger partial charge in [-0.3, -0.25) is 9.59 Å². The zero-order chi connectivity index (χ0) is 21.6. The van der Waals surface area contributed by atoms with Crippen molar-refractivity contribution in [2.24, 2.45) is 0 Å². The molecule has 0 unspecified atom stereocenters. The van der Waals surface area contributed by atoms with Gasteiger partial charge in [-0.05, 0) is 43.2 Å². The Morgan fingerprint density at radius 2 is 1.70 bits per heavy atom. The van der Waals surface area contributed by atoms with Crippen molar-refractivity contribution in [3.8, 4) is 0 Å². The van der Waals surface area contributed by atoms with E-state index in [2.05, 4.69) is 10.6 Å². The summed E-state index contributed by atoms with van der Waals surface area (Å²) in [6, 6.07) is 14.8. The maximum absolute atomic E-state index is 13.0. The summed E-state index contributed by atoms with van der Waals surface area (Å²) in [5.74, 6) is -0.786. The summed E-state index contributed by atoms with van der Waals surface area (Å²) in [7, 11) is -2.03. The van der Waals surface area contributed by atoms with Gasteiger partial charge in [0.25, 0.3) is 5.91 Å². The number of sulfonamides is 1. The Balaban J connectivity index is 1.61. The van der Waals surface area contributed by atoms with Crippen LogP contribution in [0.5, 0.6) is 0 Å². The molecule has 0 saturated heterocycles. The number of amides is 2. The molecule has 1 aliphatic carbocycles. The monoisotopic (exact) mass is 429 g/mol. The normalized spacial score (nSPS) is 15.0. The minimum atomic E-state index is -3.65. The molecular weight excluding hydrogens is 402 g/mol. The fraction of sp³-hybridized carbons (Fsp3) is 0.364. The Labute approximate surface area is 177 Å². The number of hydrogen-bond donors (Lipinski definition) is 2. The van der Waals surface area contributed by atoms with Crippen LogP contribution in [0.2, 0.25) is 0 Å². The molecule has 2 aromatic carbocycles. The Morgan fingerprint density at radius 1 is 1.00 bits per heavy atom. The first-order valence-electron chi connectivity index (χ1n) is 10.1. The molecule has 2 aromatic rings. The van der Waals surface area contributed by atoms with Crippen molar-refractivity contribution in [3.63, 3.8) is 0 Å². The van der Waals surface area contributed by atoms with Crippen LogP contribution in [0.15, 0.2) is 59.5 Å². The zero-order valence-corrected chi connectivity index (χ0v) is 17.8. The predicted molar refractivity (Wildman–Crippen MR) is 116 cm³/mol. The molecule has 8 heteroatoms. The second-order valence-electron chi connectivity index (χ2n) is 7.44. The van der Waals surface area contributed by atoms with Crippen molar-refractivity contribution >= 4 is 27.5 Å². The van der Waals surface area contributed by atoms with Gasteiger partial charge < -0.3 is 10.6 Å². The van der Waals surface area contributed by atoms with E-state index in [1.807, 2.05) is 0 Å². The highest BCUT2D eigenvalue weighted by molar-refractivity contribution is 7.89. The fourth-order valence-electron chi connectivity index (χ4n) is 3.60. The second kappa shape index (κ2) is 9.86. The van der Waals surface area contributed by atoms with E-state index in [1.54, 1.807) is 49.5 Å². The summed E-state index contributed by atoms with van der Waals surface area (Å²) in [4.78, 5) is 24.4. The summed E-state index contributed by atoms with van der Waals surface area (Å²) in [6.07, 6.45) is 4.96. The summed E-state index contributed by atoms with van der Waals surface area (Å²) >= 11 is 0. The number of benzene rings is 2. The molecule has 0 atom stereocenters. The van der Waals surface area contributed by atoms with Crippen molar-refractivity contribution in [1.29, 1.82) is 0 Å². The molecule has 0 spiro atoms. The summed E-state index contributed by atoms with van der Waals surface area (Å²) in [5, 5.41) is 5.19. The summed E-state index contributed by atoms with van der Waals surface area (Å²) < 4.78 is 27.4. The smallest absolute Gasteiger partial charge is 0.251 e. The van der Waals surface area contributed by atoms with Crippen molar-refractivity contribution < 1.29 is 18.0 Å². The second-order valence-corrected chi connectivity index (χ2v) is 9.44. The third kappa shape index (κ3) is 5.46. The molecule has 0 heterocycles. The van der Waals surface area contributed by atoms with E-state index in [9.17, 15) is 18.0 Å². The molecule has 0 bridgehead atoms. The highest BCUT2D eigenvalue weighted by atomic mass is 32.2. The lowest BCUT2D eigenvalue weighted by atomic mass is 9.96. The van der Waals surface area contributed by atoms with E-state index in [0.717, 1.165) is 32.1 Å². The first kappa shape index (κ1) is 22.0. The molecule has 1 saturated carbocycles. The average Bonchev–Trinajstić information content (AvgIpc) is 2.78. The van der Waals surface area contributed by atoms with Gasteiger partial charge in [-0.15, -0.1) is 0 Å². The fourth-order valence-corrected chi connectivity index (χ4v) is 5.06. The lowest BCUT2D eigenvalue weighted by molar-refractivity contribution is -0.115. The number of hydrogen-bond acceptors (Lipinski definition) is 4. The van der Waals surface area contributed by atoms with Gasteiger partial charge in [-0.25, -0.2) is 8.42 Å². The standard InChI is InChI=1S/C22H27N3O4S/c1-25(19-12-6-3-7-13-19)30(28,29)20-14-8-11-18(15-20)24-21(26)16-23-22(27)17-9-4-2-5-10-17/h2,4-5,8-11,14-15,19H,3,6-7,12-13,16H2,1H3,(H,23,27)(H,24,26). The van der Waals surface area contributed by atoms with Crippen LogP contribution in [0.25, 0.3) is 0 Å². The first-order valence-corrected chi connectivity index (χ1v) is 11.5. The SMILES string of the molecule is CN(C1CCCCC1)S(=O)(=O)c1cccc(NC(=O)CNC(=O)c2ccccc2)c1. The molecule has 2 amide bonds. The number of rotatable bonds is 7. The van der Waals surface area contributed by atoms with Gasteiger partial charge in [-0.2, -0.15) is 4.31 Å². The van der Waals surface area contributed by atoms with Gasteiger partial charge in [0.05, 0.1) is 11.4 Å². The van der Waals surface area contributed by atoms with Crippen LogP contribution < -0.4 is 10.6 Å². The van der Waals surface area contributed by atoms with Crippen LogP contribution >= 0.6 is 0 Å². The molecule has 3 rings (SSSR count). The molecular formula is C22H27N3O4S. The number of nitrogens with zero attached hydrogens (tertiary/aromatic N) is 1. The molecule has 2 N–H and O–H groups in total. The van der Waals surface area contributed by atoms with Crippen molar-refractivity contribution in [2.45, 2.75) is 43.0 Å². The molecule has 0 aromatic heterocycles. The number of carbonyl (C=O) groups is 2. The summed E-state index contributed by atoms with van der Waals surface area (Å²) in [6.45, 7) is -0.216. The quantitative estimate of drug-likeness (QED) is 0.707. The molecule has 7 nitrogen and oxygen atoms in total. The lowest BCUT2D eigenvalue weighted by Crippen LogP contribution is -2.38. The Hall–Kier alpha value is -2.71. The van der Waals surface area contributed by atoms with Crippen LogP contribution in [-0.4, -0.2) is 44.2 Å². The summed E-state index contributed by atoms with van der Waals surface area (Å²) in [5.41, 5.74) is 0.830. The van der Waals surface area contributed by atoms with Gasteiger partial charge in [0.2, 0.25) is 15.9 Å². The van der Waals surface area contributed by atoms with Crippen molar-refractivity contribution in [3.05, 3.63) is 60.2 Å². The molecule has 0 radical (unpaired) electrons. The molecule has 1 aliphatic rings. The third-order valence-corrected chi connectivity index (χ3v) is 7.24. The van der Waals surface area contributed by atoms with Gasteiger partial charge in [0.15, 0.2) is 0 Å². The topological polar surface area (TPSA) is 95.6 Å². The van der Waals surface area contributed by atoms with Crippen LogP contribution in [-0.2, 0) is 14.8 Å². The Kier molecular flexibility index (Phi) is 7.23. The van der Waals surface area contributed by atoms with Gasteiger partial charge in [-0.1, -0.05) is 43.5 Å². The maximum atomic E-state index is 13.0. The molecule has 160 valence electrons. The van der Waals surface area contributed by atoms with Gasteiger partial charge >= 0.3 is 0 Å². The third-order valence-electron chi connectivity index (χ3n) is 5.33. The molecule has 1 fully saturated rings. The number of carbonyl (C=O) groups excluding carboxylic acids is 2. The number of anilines is 1. The van der Waals surface area contributed by atoms with E-state index in [0.29, 0.717) is 11.3 Å². The van der Waals surface area contributed by atoms with E-state index < -0.39 is 15.9 Å². The average molecular weight is 430 g/mol. The first-order chi connectivity index (χ1) is 14.4. The van der Waals surface area contributed by atoms with Gasteiger partial charge in [0.1, 0.15) is 0 Å². The Morgan fingerprint density at radius 3 is 2.40 bits per heavy atom. The van der Waals surface area contributed by atoms with Crippen molar-refractivity contribution in [2.75, 3.05) is 18.9 Å². The van der Waals surface area contributed by atoms with Crippen LogP contribution in [0.1, 0.15) is 42.5 Å². The van der Waals surface area contributed by atoms with E-state index in [4.69, 9.17) is 0 Å². The minimum absolute atomic E-state index is 0.00944. The molecule has 30 heavy (non-hydrogen) atoms. The predicted octanol–water partition coefficient (Wildman–Crippen LogP) is 3.01. The zero-order valence-electron chi connectivity index (χ0n) is 17.0. The van der Waals surface area contributed by atoms with Crippen LogP contribution in [0, 0.1) is 0 Å². The van der Waals surface area contributed by atoms with E-state index in [1.165, 1.54) is 16.4 Å².